The summed E-state index contributed by atoms with van der Waals surface area (Å²) in [5.41, 5.74) is 4.51. The summed E-state index contributed by atoms with van der Waals surface area (Å²) >= 11 is 0. The van der Waals surface area contributed by atoms with Crippen molar-refractivity contribution in [3.63, 3.8) is 0 Å². The Balaban J connectivity index is 1.27. The molecule has 2 aliphatic heterocycles. The lowest BCUT2D eigenvalue weighted by Gasteiger charge is -2.36. The standard InChI is InChI=1S/C26H26N4O3/c1-16-11-17(2)24-20(12-16)25(18(13-27)14-28-24)29-19-7-9-30(10-8-19)26(31)23-15-32-21-5-3-4-6-22(21)33-23/h3-6,11-12,14,19,23H,7-10,15H2,1-2H3,(H,28,29). The quantitative estimate of drug-likeness (QED) is 0.661. The highest BCUT2D eigenvalue weighted by Crippen LogP contribution is 2.33. The van der Waals surface area contributed by atoms with Crippen LogP contribution in [-0.4, -0.2) is 47.6 Å². The molecule has 1 fully saturated rings. The monoisotopic (exact) mass is 442 g/mol. The number of nitrogens with one attached hydrogen (secondary N) is 1. The van der Waals surface area contributed by atoms with Crippen LogP contribution in [0.5, 0.6) is 11.5 Å². The highest BCUT2D eigenvalue weighted by Gasteiger charge is 2.33. The number of fused-ring (bicyclic) bond motifs is 2. The number of likely N-dealkylation sites (tertiary alicyclic amines) is 1. The van der Waals surface area contributed by atoms with Crippen molar-refractivity contribution in [2.75, 3.05) is 25.0 Å². The topological polar surface area (TPSA) is 87.5 Å². The molecule has 5 rings (SSSR count). The Kier molecular flexibility index (Phi) is 5.51. The van der Waals surface area contributed by atoms with Crippen molar-refractivity contribution in [2.45, 2.75) is 38.8 Å². The van der Waals surface area contributed by atoms with E-state index in [1.54, 1.807) is 6.20 Å². The van der Waals surface area contributed by atoms with Crippen LogP contribution in [0.2, 0.25) is 0 Å². The molecule has 1 unspecified atom stereocenters. The molecule has 33 heavy (non-hydrogen) atoms. The van der Waals surface area contributed by atoms with Crippen LogP contribution < -0.4 is 14.8 Å². The molecule has 0 aliphatic carbocycles. The number of amides is 1. The van der Waals surface area contributed by atoms with Crippen LogP contribution in [0.25, 0.3) is 10.9 Å². The fraction of sp³-hybridized carbons (Fsp3) is 0.346. The number of hydrogen-bond acceptors (Lipinski definition) is 6. The second-order valence-corrected chi connectivity index (χ2v) is 8.74. The van der Waals surface area contributed by atoms with E-state index in [0.717, 1.165) is 40.6 Å². The lowest BCUT2D eigenvalue weighted by molar-refractivity contribution is -0.142. The summed E-state index contributed by atoms with van der Waals surface area (Å²) in [6, 6.07) is 14.0. The van der Waals surface area contributed by atoms with Crippen molar-refractivity contribution in [3.05, 3.63) is 59.3 Å². The van der Waals surface area contributed by atoms with Crippen LogP contribution >= 0.6 is 0 Å². The Hall–Kier alpha value is -3.79. The number of nitrogens with zero attached hydrogens (tertiary/aromatic N) is 3. The number of aromatic nitrogens is 1. The predicted octanol–water partition coefficient (Wildman–Crippen LogP) is 3.97. The van der Waals surface area contributed by atoms with E-state index < -0.39 is 6.10 Å². The summed E-state index contributed by atoms with van der Waals surface area (Å²) in [5.74, 6) is 1.24. The number of piperidine rings is 1. The van der Waals surface area contributed by atoms with Crippen LogP contribution in [0, 0.1) is 25.2 Å². The van der Waals surface area contributed by atoms with Gasteiger partial charge in [-0.25, -0.2) is 0 Å². The lowest BCUT2D eigenvalue weighted by atomic mass is 10.00. The molecule has 0 spiro atoms. The Bertz CT molecular complexity index is 1260. The van der Waals surface area contributed by atoms with E-state index in [4.69, 9.17) is 9.47 Å². The van der Waals surface area contributed by atoms with Gasteiger partial charge in [0.15, 0.2) is 11.5 Å². The van der Waals surface area contributed by atoms with Crippen molar-refractivity contribution < 1.29 is 14.3 Å². The van der Waals surface area contributed by atoms with Gasteiger partial charge in [-0.15, -0.1) is 0 Å². The Morgan fingerprint density at radius 1 is 1.18 bits per heavy atom. The Morgan fingerprint density at radius 3 is 2.70 bits per heavy atom. The average Bonchev–Trinajstić information content (AvgIpc) is 2.84. The first kappa shape index (κ1) is 21.1. The number of ether oxygens (including phenoxy) is 2. The third-order valence-electron chi connectivity index (χ3n) is 6.37. The fourth-order valence-corrected chi connectivity index (χ4v) is 4.69. The van der Waals surface area contributed by atoms with Crippen LogP contribution in [0.1, 0.15) is 29.5 Å². The molecule has 0 radical (unpaired) electrons. The van der Waals surface area contributed by atoms with E-state index >= 15 is 0 Å². The van der Waals surface area contributed by atoms with Crippen molar-refractivity contribution in [2.24, 2.45) is 0 Å². The molecule has 3 aromatic rings. The zero-order valence-electron chi connectivity index (χ0n) is 18.8. The van der Waals surface area contributed by atoms with E-state index in [0.29, 0.717) is 30.2 Å². The summed E-state index contributed by atoms with van der Waals surface area (Å²) in [7, 11) is 0. The SMILES string of the molecule is Cc1cc(C)c2ncc(C#N)c(NC3CCN(C(=O)C4COc5ccccc5O4)CC3)c2c1. The normalized spacial score (nSPS) is 18.1. The van der Waals surface area contributed by atoms with Crippen molar-refractivity contribution in [1.29, 1.82) is 5.26 Å². The second kappa shape index (κ2) is 8.62. The Morgan fingerprint density at radius 2 is 1.94 bits per heavy atom. The molecule has 2 aliphatic rings. The largest absolute Gasteiger partial charge is 0.485 e. The maximum atomic E-state index is 13.0. The minimum absolute atomic E-state index is 0.0405. The number of rotatable bonds is 3. The van der Waals surface area contributed by atoms with Crippen LogP contribution in [0.4, 0.5) is 5.69 Å². The molecule has 1 saturated heterocycles. The molecule has 1 N–H and O–H groups in total. The summed E-state index contributed by atoms with van der Waals surface area (Å²) in [6.07, 6.45) is 2.60. The molecule has 7 nitrogen and oxygen atoms in total. The smallest absolute Gasteiger partial charge is 0.267 e. The third kappa shape index (κ3) is 4.05. The summed E-state index contributed by atoms with van der Waals surface area (Å²) in [4.78, 5) is 19.4. The lowest BCUT2D eigenvalue weighted by Crippen LogP contribution is -2.50. The maximum Gasteiger partial charge on any atom is 0.267 e. The summed E-state index contributed by atoms with van der Waals surface area (Å²) in [6.45, 7) is 5.57. The molecule has 1 atom stereocenters. The number of pyridine rings is 1. The van der Waals surface area contributed by atoms with Gasteiger partial charge in [0.25, 0.3) is 5.91 Å². The number of aryl methyl sites for hydroxylation is 2. The highest BCUT2D eigenvalue weighted by atomic mass is 16.6. The number of carbonyl (C=O) groups is 1. The molecule has 0 bridgehead atoms. The zero-order valence-corrected chi connectivity index (χ0v) is 18.8. The first-order chi connectivity index (χ1) is 16.0. The number of anilines is 1. The molecule has 3 heterocycles. The summed E-state index contributed by atoms with van der Waals surface area (Å²) < 4.78 is 11.6. The first-order valence-electron chi connectivity index (χ1n) is 11.3. The van der Waals surface area contributed by atoms with Gasteiger partial charge in [0, 0.05) is 30.7 Å². The van der Waals surface area contributed by atoms with E-state index in [9.17, 15) is 10.1 Å². The van der Waals surface area contributed by atoms with E-state index in [-0.39, 0.29) is 18.6 Å². The number of carbonyl (C=O) groups excluding carboxylic acids is 1. The first-order valence-corrected chi connectivity index (χ1v) is 11.3. The average molecular weight is 443 g/mol. The maximum absolute atomic E-state index is 13.0. The molecule has 7 heteroatoms. The van der Waals surface area contributed by atoms with Crippen LogP contribution in [0.3, 0.4) is 0 Å². The van der Waals surface area contributed by atoms with Crippen LogP contribution in [-0.2, 0) is 4.79 Å². The number of hydrogen-bond donors (Lipinski definition) is 1. The van der Waals surface area contributed by atoms with Crippen molar-refractivity contribution in [3.8, 4) is 17.6 Å². The van der Waals surface area contributed by atoms with Gasteiger partial charge in [-0.05, 0) is 50.5 Å². The molecule has 2 aromatic carbocycles. The number of nitriles is 1. The molecule has 1 aromatic heterocycles. The molecular formula is C26H26N4O3. The van der Waals surface area contributed by atoms with E-state index in [1.807, 2.05) is 36.1 Å². The van der Waals surface area contributed by atoms with Gasteiger partial charge in [-0.1, -0.05) is 23.8 Å². The molecule has 168 valence electrons. The van der Waals surface area contributed by atoms with Gasteiger partial charge >= 0.3 is 0 Å². The fourth-order valence-electron chi connectivity index (χ4n) is 4.69. The van der Waals surface area contributed by atoms with Crippen LogP contribution in [0.15, 0.2) is 42.6 Å². The third-order valence-corrected chi connectivity index (χ3v) is 6.37. The molecule has 0 saturated carbocycles. The predicted molar refractivity (Wildman–Crippen MR) is 126 cm³/mol. The highest BCUT2D eigenvalue weighted by molar-refractivity contribution is 5.96. The van der Waals surface area contributed by atoms with Gasteiger partial charge in [0.05, 0.1) is 16.8 Å². The summed E-state index contributed by atoms with van der Waals surface area (Å²) in [5, 5.41) is 14.2. The number of benzene rings is 2. The van der Waals surface area contributed by atoms with Gasteiger partial charge in [-0.2, -0.15) is 5.26 Å². The second-order valence-electron chi connectivity index (χ2n) is 8.74. The van der Waals surface area contributed by atoms with Crippen molar-refractivity contribution in [1.82, 2.24) is 9.88 Å². The molecule has 1 amide bonds. The number of para-hydroxylation sites is 2. The minimum atomic E-state index is -0.621. The van der Waals surface area contributed by atoms with Gasteiger partial charge in [0.2, 0.25) is 6.10 Å². The van der Waals surface area contributed by atoms with Gasteiger partial charge < -0.3 is 19.7 Å². The van der Waals surface area contributed by atoms with Crippen molar-refractivity contribution >= 4 is 22.5 Å². The van der Waals surface area contributed by atoms with Gasteiger partial charge in [-0.3, -0.25) is 9.78 Å². The molecular weight excluding hydrogens is 416 g/mol. The Labute approximate surface area is 192 Å². The van der Waals surface area contributed by atoms with Gasteiger partial charge in [0.1, 0.15) is 12.7 Å². The van der Waals surface area contributed by atoms with E-state index in [1.165, 1.54) is 0 Å². The minimum Gasteiger partial charge on any atom is -0.485 e. The zero-order chi connectivity index (χ0) is 22.9. The van der Waals surface area contributed by atoms with E-state index in [2.05, 4.69) is 35.4 Å².